The summed E-state index contributed by atoms with van der Waals surface area (Å²) >= 11 is 1.69. The first kappa shape index (κ1) is 18.6. The first-order valence-electron chi connectivity index (χ1n) is 8.73. The molecule has 1 aromatic carbocycles. The Bertz CT molecular complexity index is 760. The molecule has 0 aliphatic carbocycles. The normalized spacial score (nSPS) is 18.1. The maximum Gasteiger partial charge on any atom is 0.248 e. The van der Waals surface area contributed by atoms with Crippen LogP contribution in [0.25, 0.3) is 10.4 Å². The van der Waals surface area contributed by atoms with E-state index in [1.165, 1.54) is 12.0 Å². The van der Waals surface area contributed by atoms with Crippen LogP contribution in [0, 0.1) is 5.92 Å². The van der Waals surface area contributed by atoms with E-state index < -0.39 is 0 Å². The molecule has 1 atom stereocenters. The molecule has 0 N–H and O–H groups in total. The third-order valence-electron chi connectivity index (χ3n) is 4.76. The molecule has 0 unspecified atom stereocenters. The van der Waals surface area contributed by atoms with Crippen molar-refractivity contribution in [2.75, 3.05) is 40.4 Å². The van der Waals surface area contributed by atoms with Crippen molar-refractivity contribution < 1.29 is 14.3 Å². The van der Waals surface area contributed by atoms with Gasteiger partial charge < -0.3 is 14.5 Å². The molecule has 2 amide bonds. The van der Waals surface area contributed by atoms with E-state index in [2.05, 4.69) is 23.6 Å². The van der Waals surface area contributed by atoms with Crippen LogP contribution >= 0.6 is 11.3 Å². The molecular weight excluding hydrogens is 348 g/mol. The van der Waals surface area contributed by atoms with Crippen LogP contribution in [-0.2, 0) is 20.7 Å². The van der Waals surface area contributed by atoms with Crippen molar-refractivity contribution in [3.05, 3.63) is 47.3 Å². The van der Waals surface area contributed by atoms with Crippen LogP contribution in [0.4, 0.5) is 0 Å². The lowest BCUT2D eigenvalue weighted by atomic mass is 9.93. The summed E-state index contributed by atoms with van der Waals surface area (Å²) in [5.41, 5.74) is 2.31. The number of carbonyl (C=O) groups is 2. The second-order valence-corrected chi connectivity index (χ2v) is 7.52. The van der Waals surface area contributed by atoms with Gasteiger partial charge in [-0.3, -0.25) is 9.59 Å². The summed E-state index contributed by atoms with van der Waals surface area (Å²) in [7, 11) is 3.33. The van der Waals surface area contributed by atoms with E-state index >= 15 is 0 Å². The topological polar surface area (TPSA) is 49.9 Å². The molecule has 1 saturated heterocycles. The van der Waals surface area contributed by atoms with Crippen molar-refractivity contribution in [3.63, 3.8) is 0 Å². The standard InChI is InChI=1S/C20H24N2O3S/c1-21-9-10-22(19(23)14-25-2)13-16(20(21)24)12-15-6-3-4-7-17(15)18-8-5-11-26-18/h3-8,11,16H,9-10,12-14H2,1-2H3/t16-/m0/s1. The molecule has 1 fully saturated rings. The molecule has 2 heterocycles. The lowest BCUT2D eigenvalue weighted by Crippen LogP contribution is -2.39. The van der Waals surface area contributed by atoms with Gasteiger partial charge in [-0.2, -0.15) is 0 Å². The number of ether oxygens (including phenoxy) is 1. The third-order valence-corrected chi connectivity index (χ3v) is 5.67. The zero-order valence-electron chi connectivity index (χ0n) is 15.2. The number of thiophene rings is 1. The molecule has 1 aromatic heterocycles. The Hall–Kier alpha value is -2.18. The lowest BCUT2D eigenvalue weighted by molar-refractivity contribution is -0.136. The van der Waals surface area contributed by atoms with Gasteiger partial charge in [-0.1, -0.05) is 30.3 Å². The van der Waals surface area contributed by atoms with Crippen LogP contribution in [0.2, 0.25) is 0 Å². The average Bonchev–Trinajstić information content (AvgIpc) is 3.14. The predicted octanol–water partition coefficient (Wildman–Crippen LogP) is 2.52. The Balaban J connectivity index is 1.85. The molecule has 138 valence electrons. The van der Waals surface area contributed by atoms with Gasteiger partial charge in [0.05, 0.1) is 5.92 Å². The second-order valence-electron chi connectivity index (χ2n) is 6.57. The summed E-state index contributed by atoms with van der Waals surface area (Å²) in [6.07, 6.45) is 0.619. The van der Waals surface area contributed by atoms with E-state index in [1.807, 2.05) is 25.2 Å². The fourth-order valence-electron chi connectivity index (χ4n) is 3.36. The largest absolute Gasteiger partial charge is 0.375 e. The van der Waals surface area contributed by atoms with E-state index in [0.29, 0.717) is 26.1 Å². The molecular formula is C20H24N2O3S. The minimum absolute atomic E-state index is 0.0520. The van der Waals surface area contributed by atoms with Gasteiger partial charge in [0.1, 0.15) is 6.61 Å². The lowest BCUT2D eigenvalue weighted by Gasteiger charge is -2.23. The number of likely N-dealkylation sites (N-methyl/N-ethyl adjacent to an activating group) is 1. The first-order valence-corrected chi connectivity index (χ1v) is 9.61. The highest BCUT2D eigenvalue weighted by Crippen LogP contribution is 2.30. The van der Waals surface area contributed by atoms with Crippen LogP contribution in [0.1, 0.15) is 5.56 Å². The highest BCUT2D eigenvalue weighted by Gasteiger charge is 2.31. The summed E-state index contributed by atoms with van der Waals surface area (Å²) in [6, 6.07) is 12.3. The fraction of sp³-hybridized carbons (Fsp3) is 0.400. The number of amides is 2. The van der Waals surface area contributed by atoms with Gasteiger partial charge in [-0.15, -0.1) is 11.3 Å². The van der Waals surface area contributed by atoms with E-state index in [1.54, 1.807) is 21.1 Å². The molecule has 0 spiro atoms. The molecule has 3 rings (SSSR count). The van der Waals surface area contributed by atoms with Gasteiger partial charge in [-0.25, -0.2) is 0 Å². The van der Waals surface area contributed by atoms with E-state index in [9.17, 15) is 9.59 Å². The van der Waals surface area contributed by atoms with Crippen molar-refractivity contribution in [2.24, 2.45) is 5.92 Å². The van der Waals surface area contributed by atoms with Crippen molar-refractivity contribution in [1.82, 2.24) is 9.80 Å². The quantitative estimate of drug-likeness (QED) is 0.810. The highest BCUT2D eigenvalue weighted by atomic mass is 32.1. The molecule has 6 heteroatoms. The van der Waals surface area contributed by atoms with Crippen molar-refractivity contribution in [3.8, 4) is 10.4 Å². The SMILES string of the molecule is COCC(=O)N1CCN(C)C(=O)[C@@H](Cc2ccccc2-c2cccs2)C1. The van der Waals surface area contributed by atoms with Gasteiger partial charge in [0.15, 0.2) is 0 Å². The molecule has 2 aromatic rings. The fourth-order valence-corrected chi connectivity index (χ4v) is 4.14. The summed E-state index contributed by atoms with van der Waals surface area (Å²) in [5.74, 6) is -0.213. The molecule has 1 aliphatic rings. The monoisotopic (exact) mass is 372 g/mol. The maximum absolute atomic E-state index is 12.8. The Morgan fingerprint density at radius 3 is 2.77 bits per heavy atom. The molecule has 26 heavy (non-hydrogen) atoms. The van der Waals surface area contributed by atoms with Crippen LogP contribution < -0.4 is 0 Å². The Labute approximate surface area is 158 Å². The van der Waals surface area contributed by atoms with Crippen LogP contribution in [-0.4, -0.2) is 62.0 Å². The van der Waals surface area contributed by atoms with E-state index in [4.69, 9.17) is 4.74 Å². The number of carbonyl (C=O) groups excluding carboxylic acids is 2. The van der Waals surface area contributed by atoms with Gasteiger partial charge in [-0.05, 0) is 29.0 Å². The smallest absolute Gasteiger partial charge is 0.248 e. The zero-order chi connectivity index (χ0) is 18.5. The Morgan fingerprint density at radius 2 is 2.04 bits per heavy atom. The summed E-state index contributed by atoms with van der Waals surface area (Å²) in [4.78, 5) is 29.8. The minimum Gasteiger partial charge on any atom is -0.375 e. The minimum atomic E-state index is -0.246. The van der Waals surface area contributed by atoms with Crippen LogP contribution in [0.15, 0.2) is 41.8 Å². The summed E-state index contributed by atoms with van der Waals surface area (Å²) in [6.45, 7) is 1.59. The third kappa shape index (κ3) is 4.14. The molecule has 0 radical (unpaired) electrons. The number of rotatable bonds is 5. The number of benzene rings is 1. The Kier molecular flexibility index (Phi) is 6.06. The Morgan fingerprint density at radius 1 is 1.23 bits per heavy atom. The zero-order valence-corrected chi connectivity index (χ0v) is 16.0. The number of hydrogen-bond donors (Lipinski definition) is 0. The molecule has 5 nitrogen and oxygen atoms in total. The number of hydrogen-bond acceptors (Lipinski definition) is 4. The van der Waals surface area contributed by atoms with Gasteiger partial charge >= 0.3 is 0 Å². The number of nitrogens with zero attached hydrogens (tertiary/aromatic N) is 2. The van der Waals surface area contributed by atoms with Crippen molar-refractivity contribution in [1.29, 1.82) is 0 Å². The van der Waals surface area contributed by atoms with Gasteiger partial charge in [0.25, 0.3) is 0 Å². The molecule has 0 saturated carbocycles. The van der Waals surface area contributed by atoms with E-state index in [-0.39, 0.29) is 24.3 Å². The number of methoxy groups -OCH3 is 1. The summed E-state index contributed by atoms with van der Waals surface area (Å²) < 4.78 is 4.98. The van der Waals surface area contributed by atoms with Crippen LogP contribution in [0.3, 0.4) is 0 Å². The predicted molar refractivity (Wildman–Crippen MR) is 103 cm³/mol. The highest BCUT2D eigenvalue weighted by molar-refractivity contribution is 7.13. The van der Waals surface area contributed by atoms with Crippen LogP contribution in [0.5, 0.6) is 0 Å². The molecule has 1 aliphatic heterocycles. The average molecular weight is 372 g/mol. The van der Waals surface area contributed by atoms with Gasteiger partial charge in [0, 0.05) is 38.7 Å². The van der Waals surface area contributed by atoms with E-state index in [0.717, 1.165) is 11.1 Å². The second kappa shape index (κ2) is 8.47. The van der Waals surface area contributed by atoms with Crippen molar-refractivity contribution >= 4 is 23.2 Å². The van der Waals surface area contributed by atoms with Crippen molar-refractivity contribution in [2.45, 2.75) is 6.42 Å². The summed E-state index contributed by atoms with van der Waals surface area (Å²) in [5, 5.41) is 2.06. The molecule has 0 bridgehead atoms. The van der Waals surface area contributed by atoms with Gasteiger partial charge in [0.2, 0.25) is 11.8 Å². The first-order chi connectivity index (χ1) is 12.6. The maximum atomic E-state index is 12.8.